The highest BCUT2D eigenvalue weighted by Gasteiger charge is 2.17. The van der Waals surface area contributed by atoms with Gasteiger partial charge in [-0.25, -0.2) is 9.37 Å². The highest BCUT2D eigenvalue weighted by atomic mass is 35.5. The standard InChI is InChI=1S/C22H23ClFN3O2S2/c1-14(2)27(22(30)26-18-6-4-17(24)5-7-18)10-15-9-16(23)3-8-20(15)29-12-21-25-19(11-28)13-31-21/h3-9,13-14,28H,10-12H2,1-2H3,(H,26,30). The van der Waals surface area contributed by atoms with Gasteiger partial charge in [-0.15, -0.1) is 11.3 Å². The second-order valence-electron chi connectivity index (χ2n) is 7.09. The van der Waals surface area contributed by atoms with Crippen LogP contribution in [-0.2, 0) is 19.8 Å². The molecule has 31 heavy (non-hydrogen) atoms. The Labute approximate surface area is 195 Å². The zero-order valence-corrected chi connectivity index (χ0v) is 19.5. The van der Waals surface area contributed by atoms with Crippen LogP contribution in [-0.4, -0.2) is 26.1 Å². The van der Waals surface area contributed by atoms with Gasteiger partial charge in [0.05, 0.1) is 12.3 Å². The van der Waals surface area contributed by atoms with E-state index < -0.39 is 0 Å². The van der Waals surface area contributed by atoms with Gasteiger partial charge in [0, 0.05) is 34.2 Å². The lowest BCUT2D eigenvalue weighted by Gasteiger charge is -2.30. The summed E-state index contributed by atoms with van der Waals surface area (Å²) >= 11 is 13.3. The van der Waals surface area contributed by atoms with Crippen molar-refractivity contribution in [2.75, 3.05) is 5.32 Å². The van der Waals surface area contributed by atoms with Crippen LogP contribution >= 0.6 is 35.2 Å². The van der Waals surface area contributed by atoms with Crippen molar-refractivity contribution in [3.05, 3.63) is 74.9 Å². The Morgan fingerprint density at radius 2 is 2.03 bits per heavy atom. The molecule has 0 aliphatic heterocycles. The van der Waals surface area contributed by atoms with Crippen LogP contribution in [0.5, 0.6) is 5.75 Å². The molecule has 0 saturated carbocycles. The topological polar surface area (TPSA) is 57.6 Å². The van der Waals surface area contributed by atoms with E-state index in [2.05, 4.69) is 10.3 Å². The van der Waals surface area contributed by atoms with Gasteiger partial charge in [0.2, 0.25) is 0 Å². The van der Waals surface area contributed by atoms with Gasteiger partial charge in [-0.05, 0) is 68.5 Å². The average molecular weight is 480 g/mol. The number of benzene rings is 2. The molecule has 0 unspecified atom stereocenters. The van der Waals surface area contributed by atoms with Crippen LogP contribution in [0.1, 0.15) is 30.1 Å². The van der Waals surface area contributed by atoms with Gasteiger partial charge in [-0.3, -0.25) is 0 Å². The summed E-state index contributed by atoms with van der Waals surface area (Å²) in [7, 11) is 0. The zero-order valence-electron chi connectivity index (χ0n) is 17.1. The molecule has 0 bridgehead atoms. The Balaban J connectivity index is 1.74. The van der Waals surface area contributed by atoms with Gasteiger partial charge in [0.15, 0.2) is 5.11 Å². The molecular weight excluding hydrogens is 457 g/mol. The molecule has 3 aromatic rings. The van der Waals surface area contributed by atoms with E-state index in [-0.39, 0.29) is 18.5 Å². The second kappa shape index (κ2) is 10.9. The molecule has 1 aromatic heterocycles. The molecule has 164 valence electrons. The van der Waals surface area contributed by atoms with Crippen LogP contribution in [0.2, 0.25) is 5.02 Å². The highest BCUT2D eigenvalue weighted by Crippen LogP contribution is 2.27. The molecular formula is C22H23ClFN3O2S2. The molecule has 5 nitrogen and oxygen atoms in total. The minimum absolute atomic E-state index is 0.0927. The lowest BCUT2D eigenvalue weighted by atomic mass is 10.1. The number of hydrogen-bond donors (Lipinski definition) is 2. The predicted octanol–water partition coefficient (Wildman–Crippen LogP) is 5.61. The van der Waals surface area contributed by atoms with Gasteiger partial charge in [-0.2, -0.15) is 0 Å². The maximum Gasteiger partial charge on any atom is 0.173 e. The summed E-state index contributed by atoms with van der Waals surface area (Å²) in [5, 5.41) is 16.0. The molecule has 9 heteroatoms. The molecule has 0 aliphatic rings. The van der Waals surface area contributed by atoms with Crippen molar-refractivity contribution in [2.45, 2.75) is 39.6 Å². The van der Waals surface area contributed by atoms with Gasteiger partial charge in [0.25, 0.3) is 0 Å². The molecule has 0 saturated heterocycles. The first-order valence-electron chi connectivity index (χ1n) is 9.64. The van der Waals surface area contributed by atoms with Gasteiger partial charge in [0.1, 0.15) is 23.2 Å². The van der Waals surface area contributed by atoms with Crippen LogP contribution in [0, 0.1) is 5.82 Å². The first-order valence-corrected chi connectivity index (χ1v) is 11.3. The summed E-state index contributed by atoms with van der Waals surface area (Å²) in [4.78, 5) is 6.32. The normalized spacial score (nSPS) is 10.9. The number of thiocarbonyl (C=S) groups is 1. The van der Waals surface area contributed by atoms with Crippen LogP contribution in [0.3, 0.4) is 0 Å². The monoisotopic (exact) mass is 479 g/mol. The first kappa shape index (κ1) is 23.4. The SMILES string of the molecule is CC(C)N(Cc1cc(Cl)ccc1OCc1nc(CO)cs1)C(=S)Nc1ccc(F)cc1. The smallest absolute Gasteiger partial charge is 0.173 e. The van der Waals surface area contributed by atoms with Crippen LogP contribution in [0.15, 0.2) is 47.8 Å². The van der Waals surface area contributed by atoms with Crippen LogP contribution in [0.25, 0.3) is 0 Å². The van der Waals surface area contributed by atoms with Gasteiger partial charge in [-0.1, -0.05) is 11.6 Å². The van der Waals surface area contributed by atoms with Crippen LogP contribution < -0.4 is 10.1 Å². The van der Waals surface area contributed by atoms with E-state index in [1.807, 2.05) is 36.3 Å². The minimum atomic E-state index is -0.302. The number of nitrogens with one attached hydrogen (secondary N) is 1. The van der Waals surface area contributed by atoms with Crippen molar-refractivity contribution in [1.82, 2.24) is 9.88 Å². The Morgan fingerprint density at radius 3 is 2.68 bits per heavy atom. The number of aliphatic hydroxyl groups is 1. The van der Waals surface area contributed by atoms with E-state index in [4.69, 9.17) is 28.6 Å². The van der Waals surface area contributed by atoms with Crippen molar-refractivity contribution in [3.63, 3.8) is 0 Å². The highest BCUT2D eigenvalue weighted by molar-refractivity contribution is 7.80. The minimum Gasteiger partial charge on any atom is -0.486 e. The van der Waals surface area contributed by atoms with E-state index in [1.165, 1.54) is 23.5 Å². The Bertz CT molecular complexity index is 1030. The quantitative estimate of drug-likeness (QED) is 0.409. The largest absolute Gasteiger partial charge is 0.486 e. The third-order valence-electron chi connectivity index (χ3n) is 4.46. The molecule has 2 N–H and O–H groups in total. The van der Waals surface area contributed by atoms with E-state index in [1.54, 1.807) is 18.2 Å². The first-order chi connectivity index (χ1) is 14.9. The van der Waals surface area contributed by atoms with Gasteiger partial charge >= 0.3 is 0 Å². The number of hydrogen-bond acceptors (Lipinski definition) is 5. The molecule has 0 fully saturated rings. The molecule has 0 aliphatic carbocycles. The fraction of sp³-hybridized carbons (Fsp3) is 0.273. The number of aromatic nitrogens is 1. The molecule has 0 amide bonds. The molecule has 3 rings (SSSR count). The van der Waals surface area contributed by atoms with Gasteiger partial charge < -0.3 is 20.1 Å². The molecule has 2 aromatic carbocycles. The Kier molecular flexibility index (Phi) is 8.20. The van der Waals surface area contributed by atoms with Crippen LogP contribution in [0.4, 0.5) is 10.1 Å². The Hall–Kier alpha value is -2.26. The van der Waals surface area contributed by atoms with E-state index in [0.29, 0.717) is 40.4 Å². The summed E-state index contributed by atoms with van der Waals surface area (Å²) in [6.45, 7) is 4.75. The fourth-order valence-electron chi connectivity index (χ4n) is 2.84. The fourth-order valence-corrected chi connectivity index (χ4v) is 4.12. The number of halogens is 2. The summed E-state index contributed by atoms with van der Waals surface area (Å²) < 4.78 is 19.2. The van der Waals surface area contributed by atoms with E-state index in [0.717, 1.165) is 10.6 Å². The number of anilines is 1. The zero-order chi connectivity index (χ0) is 22.4. The molecule has 0 radical (unpaired) electrons. The third-order valence-corrected chi connectivity index (χ3v) is 5.90. The van der Waals surface area contributed by atoms with Crippen molar-refractivity contribution < 1.29 is 14.2 Å². The summed E-state index contributed by atoms with van der Waals surface area (Å²) in [5.41, 5.74) is 2.22. The van der Waals surface area contributed by atoms with Crippen molar-refractivity contribution >= 4 is 46.0 Å². The number of thiazole rings is 1. The number of ether oxygens (including phenoxy) is 1. The maximum absolute atomic E-state index is 13.2. The van der Waals surface area contributed by atoms with Crippen molar-refractivity contribution in [1.29, 1.82) is 0 Å². The molecule has 1 heterocycles. The summed E-state index contributed by atoms with van der Waals surface area (Å²) in [6, 6.07) is 11.6. The summed E-state index contributed by atoms with van der Waals surface area (Å²) in [5.74, 6) is 0.379. The van der Waals surface area contributed by atoms with Crippen molar-refractivity contribution in [3.8, 4) is 5.75 Å². The number of aliphatic hydroxyl groups excluding tert-OH is 1. The third kappa shape index (κ3) is 6.61. The lowest BCUT2D eigenvalue weighted by Crippen LogP contribution is -2.39. The molecule has 0 atom stereocenters. The van der Waals surface area contributed by atoms with E-state index >= 15 is 0 Å². The average Bonchev–Trinajstić information content (AvgIpc) is 3.21. The number of rotatable bonds is 8. The lowest BCUT2D eigenvalue weighted by molar-refractivity contribution is 0.273. The van der Waals surface area contributed by atoms with Crippen molar-refractivity contribution in [2.24, 2.45) is 0 Å². The molecule has 0 spiro atoms. The second-order valence-corrected chi connectivity index (χ2v) is 8.86. The summed E-state index contributed by atoms with van der Waals surface area (Å²) in [6.07, 6.45) is 0. The van der Waals surface area contributed by atoms with E-state index in [9.17, 15) is 9.50 Å². The number of nitrogens with zero attached hydrogens (tertiary/aromatic N) is 2. The predicted molar refractivity (Wildman–Crippen MR) is 127 cm³/mol. The maximum atomic E-state index is 13.2. The Morgan fingerprint density at radius 1 is 1.29 bits per heavy atom.